The van der Waals surface area contributed by atoms with E-state index in [-0.39, 0.29) is 16.3 Å². The molecule has 23 heavy (non-hydrogen) atoms. The Morgan fingerprint density at radius 2 is 2.04 bits per heavy atom. The zero-order valence-electron chi connectivity index (χ0n) is 11.7. The number of halogens is 2. The average molecular weight is 333 g/mol. The van der Waals surface area contributed by atoms with Crippen molar-refractivity contribution in [3.8, 4) is 6.07 Å². The van der Waals surface area contributed by atoms with Crippen LogP contribution in [0.25, 0.3) is 0 Å². The molecule has 0 unspecified atom stereocenters. The van der Waals surface area contributed by atoms with Crippen LogP contribution in [0.3, 0.4) is 0 Å². The van der Waals surface area contributed by atoms with Crippen molar-refractivity contribution in [3.63, 3.8) is 0 Å². The molecule has 0 aliphatic rings. The lowest BCUT2D eigenvalue weighted by Crippen LogP contribution is -2.21. The maximum atomic E-state index is 13.5. The van der Waals surface area contributed by atoms with Crippen molar-refractivity contribution in [3.05, 3.63) is 64.4 Å². The summed E-state index contributed by atoms with van der Waals surface area (Å²) >= 11 is 5.60. The third-order valence-corrected chi connectivity index (χ3v) is 3.00. The summed E-state index contributed by atoms with van der Waals surface area (Å²) in [5, 5.41) is 11.2. The quantitative estimate of drug-likeness (QED) is 0.872. The largest absolute Gasteiger partial charge is 0.452 e. The highest BCUT2D eigenvalue weighted by Gasteiger charge is 2.12. The van der Waals surface area contributed by atoms with Crippen molar-refractivity contribution < 1.29 is 18.7 Å². The zero-order chi connectivity index (χ0) is 16.8. The number of benzene rings is 2. The maximum absolute atomic E-state index is 13.5. The normalized spacial score (nSPS) is 9.78. The Kier molecular flexibility index (Phi) is 5.28. The van der Waals surface area contributed by atoms with E-state index in [9.17, 15) is 14.0 Å². The number of nitriles is 1. The van der Waals surface area contributed by atoms with Gasteiger partial charge in [-0.05, 0) is 36.4 Å². The Morgan fingerprint density at radius 3 is 2.74 bits per heavy atom. The molecule has 0 heterocycles. The molecule has 1 amide bonds. The molecule has 0 saturated heterocycles. The smallest absolute Gasteiger partial charge is 0.338 e. The summed E-state index contributed by atoms with van der Waals surface area (Å²) in [6, 6.07) is 11.5. The van der Waals surface area contributed by atoms with Crippen molar-refractivity contribution in [1.82, 2.24) is 0 Å². The second-order valence-electron chi connectivity index (χ2n) is 4.44. The second kappa shape index (κ2) is 7.38. The van der Waals surface area contributed by atoms with E-state index in [1.807, 2.05) is 6.07 Å². The molecule has 0 aliphatic heterocycles. The highest BCUT2D eigenvalue weighted by molar-refractivity contribution is 6.30. The minimum Gasteiger partial charge on any atom is -0.452 e. The van der Waals surface area contributed by atoms with Crippen LogP contribution in [0.15, 0.2) is 42.5 Å². The summed E-state index contributed by atoms with van der Waals surface area (Å²) in [7, 11) is 0. The highest BCUT2D eigenvalue weighted by Crippen LogP contribution is 2.18. The van der Waals surface area contributed by atoms with Crippen molar-refractivity contribution in [2.45, 2.75) is 0 Å². The molecule has 0 aromatic heterocycles. The summed E-state index contributed by atoms with van der Waals surface area (Å²) in [5.74, 6) is -2.15. The molecule has 2 aromatic rings. The van der Waals surface area contributed by atoms with E-state index in [1.165, 1.54) is 36.4 Å². The lowest BCUT2D eigenvalue weighted by atomic mass is 10.1. The van der Waals surface area contributed by atoms with Gasteiger partial charge in [0.1, 0.15) is 5.82 Å². The Labute approximate surface area is 136 Å². The average Bonchev–Trinajstić information content (AvgIpc) is 2.55. The minimum atomic E-state index is -0.756. The Bertz CT molecular complexity index is 802. The molecule has 0 radical (unpaired) electrons. The third kappa shape index (κ3) is 4.53. The summed E-state index contributed by atoms with van der Waals surface area (Å²) in [4.78, 5) is 23.4. The lowest BCUT2D eigenvalue weighted by molar-refractivity contribution is -0.119. The number of rotatable bonds is 4. The molecule has 2 rings (SSSR count). The van der Waals surface area contributed by atoms with Gasteiger partial charge in [-0.3, -0.25) is 4.79 Å². The van der Waals surface area contributed by atoms with Gasteiger partial charge in [-0.1, -0.05) is 17.7 Å². The molecule has 1 N–H and O–H groups in total. The fraction of sp³-hybridized carbons (Fsp3) is 0.0625. The van der Waals surface area contributed by atoms with Crippen molar-refractivity contribution in [2.24, 2.45) is 0 Å². The number of carbonyl (C=O) groups excluding carboxylic acids is 2. The predicted octanol–water partition coefficient (Wildman–Crippen LogP) is 3.15. The van der Waals surface area contributed by atoms with Crippen LogP contribution in [-0.4, -0.2) is 18.5 Å². The van der Waals surface area contributed by atoms with Gasteiger partial charge in [0.15, 0.2) is 6.61 Å². The van der Waals surface area contributed by atoms with E-state index < -0.39 is 24.3 Å². The zero-order valence-corrected chi connectivity index (χ0v) is 12.4. The van der Waals surface area contributed by atoms with Crippen LogP contribution in [-0.2, 0) is 9.53 Å². The molecule has 0 aliphatic carbocycles. The Morgan fingerprint density at radius 1 is 1.26 bits per heavy atom. The summed E-state index contributed by atoms with van der Waals surface area (Å²) in [6.45, 7) is -0.586. The van der Waals surface area contributed by atoms with Crippen molar-refractivity contribution in [2.75, 3.05) is 11.9 Å². The van der Waals surface area contributed by atoms with Crippen LogP contribution in [0.5, 0.6) is 0 Å². The van der Waals surface area contributed by atoms with Gasteiger partial charge >= 0.3 is 5.97 Å². The number of nitrogens with one attached hydrogen (secondary N) is 1. The van der Waals surface area contributed by atoms with Gasteiger partial charge in [-0.25, -0.2) is 9.18 Å². The third-order valence-electron chi connectivity index (χ3n) is 2.77. The number of ether oxygens (including phenoxy) is 1. The lowest BCUT2D eigenvalue weighted by Gasteiger charge is -2.08. The first-order valence-corrected chi connectivity index (χ1v) is 6.79. The minimum absolute atomic E-state index is 0.0677. The van der Waals surface area contributed by atoms with E-state index in [4.69, 9.17) is 21.6 Å². The van der Waals surface area contributed by atoms with Crippen LogP contribution in [0, 0.1) is 17.1 Å². The SMILES string of the molecule is N#Cc1cccc(C(=O)OCC(=O)Nc2ccc(Cl)cc2F)c1. The van der Waals surface area contributed by atoms with E-state index in [2.05, 4.69) is 5.32 Å². The number of nitrogens with zero attached hydrogens (tertiary/aromatic N) is 1. The standard InChI is InChI=1S/C16H10ClFN2O3/c17-12-4-5-14(13(18)7-12)20-15(21)9-23-16(22)11-3-1-2-10(6-11)8-19/h1-7H,9H2,(H,20,21). The van der Waals surface area contributed by atoms with E-state index in [0.717, 1.165) is 6.07 Å². The van der Waals surface area contributed by atoms with Gasteiger partial charge < -0.3 is 10.1 Å². The number of amides is 1. The van der Waals surface area contributed by atoms with Gasteiger partial charge in [-0.2, -0.15) is 5.26 Å². The van der Waals surface area contributed by atoms with Crippen LogP contribution >= 0.6 is 11.6 Å². The second-order valence-corrected chi connectivity index (χ2v) is 4.88. The first kappa shape index (κ1) is 16.5. The highest BCUT2D eigenvalue weighted by atomic mass is 35.5. The van der Waals surface area contributed by atoms with Crippen LogP contribution in [0.4, 0.5) is 10.1 Å². The number of esters is 1. The number of hydrogen-bond acceptors (Lipinski definition) is 4. The molecule has 0 spiro atoms. The molecule has 7 heteroatoms. The molecule has 0 fully saturated rings. The molecule has 2 aromatic carbocycles. The van der Waals surface area contributed by atoms with Crippen LogP contribution in [0.1, 0.15) is 15.9 Å². The van der Waals surface area contributed by atoms with Crippen molar-refractivity contribution in [1.29, 1.82) is 5.26 Å². The number of anilines is 1. The Balaban J connectivity index is 1.93. The van der Waals surface area contributed by atoms with E-state index in [1.54, 1.807) is 0 Å². The van der Waals surface area contributed by atoms with E-state index >= 15 is 0 Å². The van der Waals surface area contributed by atoms with Gasteiger partial charge in [0.25, 0.3) is 5.91 Å². The first-order valence-electron chi connectivity index (χ1n) is 6.42. The van der Waals surface area contributed by atoms with Gasteiger partial charge in [-0.15, -0.1) is 0 Å². The monoisotopic (exact) mass is 332 g/mol. The predicted molar refractivity (Wildman–Crippen MR) is 81.5 cm³/mol. The number of hydrogen-bond donors (Lipinski definition) is 1. The summed E-state index contributed by atoms with van der Waals surface area (Å²) < 4.78 is 18.3. The Hall–Kier alpha value is -2.91. The molecule has 0 saturated carbocycles. The molecule has 0 bridgehead atoms. The van der Waals surface area contributed by atoms with Gasteiger partial charge in [0.05, 0.1) is 22.9 Å². The van der Waals surface area contributed by atoms with Crippen LogP contribution < -0.4 is 5.32 Å². The van der Waals surface area contributed by atoms with Crippen molar-refractivity contribution >= 4 is 29.2 Å². The topological polar surface area (TPSA) is 79.2 Å². The molecule has 0 atom stereocenters. The van der Waals surface area contributed by atoms with E-state index in [0.29, 0.717) is 5.56 Å². The van der Waals surface area contributed by atoms with Gasteiger partial charge in [0, 0.05) is 5.02 Å². The molecular formula is C16H10ClFN2O3. The molecule has 116 valence electrons. The van der Waals surface area contributed by atoms with Gasteiger partial charge in [0.2, 0.25) is 0 Å². The molecule has 5 nitrogen and oxygen atoms in total. The summed E-state index contributed by atoms with van der Waals surface area (Å²) in [5.41, 5.74) is 0.378. The summed E-state index contributed by atoms with van der Waals surface area (Å²) in [6.07, 6.45) is 0. The molecular weight excluding hydrogens is 323 g/mol. The first-order chi connectivity index (χ1) is 11.0. The maximum Gasteiger partial charge on any atom is 0.338 e. The fourth-order valence-corrected chi connectivity index (χ4v) is 1.87. The number of carbonyl (C=O) groups is 2. The fourth-order valence-electron chi connectivity index (χ4n) is 1.71. The van der Waals surface area contributed by atoms with Crippen LogP contribution in [0.2, 0.25) is 5.02 Å².